The number of halogens is 3. The maximum Gasteiger partial charge on any atom is 0.247 e. The summed E-state index contributed by atoms with van der Waals surface area (Å²) in [5.41, 5.74) is 6.37. The lowest BCUT2D eigenvalue weighted by atomic mass is 9.88. The first kappa shape index (κ1) is 35.1. The highest BCUT2D eigenvalue weighted by atomic mass is 35.5. The summed E-state index contributed by atoms with van der Waals surface area (Å²) in [7, 11) is 0. The van der Waals surface area contributed by atoms with Gasteiger partial charge in [-0.15, -0.1) is 0 Å². The zero-order valence-corrected chi connectivity index (χ0v) is 27.1. The Kier molecular flexibility index (Phi) is 11.8. The van der Waals surface area contributed by atoms with Gasteiger partial charge in [0.1, 0.15) is 12.3 Å². The first-order valence-corrected chi connectivity index (χ1v) is 16.0. The van der Waals surface area contributed by atoms with Gasteiger partial charge in [-0.25, -0.2) is 4.39 Å². The van der Waals surface area contributed by atoms with Crippen molar-refractivity contribution < 1.29 is 29.0 Å². The van der Waals surface area contributed by atoms with E-state index in [9.17, 15) is 29.0 Å². The maximum atomic E-state index is 14.6. The molecule has 246 valence electrons. The Bertz CT molecular complexity index is 1390. The highest BCUT2D eigenvalue weighted by Gasteiger charge is 2.39. The van der Waals surface area contributed by atoms with Crippen molar-refractivity contribution in [3.8, 4) is 0 Å². The number of amides is 3. The molecule has 0 saturated carbocycles. The number of aliphatic hydroxyl groups is 2. The number of hydrogen-bond donors (Lipinski definition) is 5. The van der Waals surface area contributed by atoms with E-state index in [-0.39, 0.29) is 66.5 Å². The lowest BCUT2D eigenvalue weighted by molar-refractivity contribution is -0.144. The molecule has 0 bridgehead atoms. The number of nitrogens with one attached hydrogen (secondary N) is 2. The number of likely N-dealkylation sites (tertiary alicyclic amines) is 1. The molecule has 13 heteroatoms. The average molecular weight is 667 g/mol. The quantitative estimate of drug-likeness (QED) is 0.230. The molecule has 2 unspecified atom stereocenters. The Morgan fingerprint density at radius 3 is 2.51 bits per heavy atom. The van der Waals surface area contributed by atoms with Crippen LogP contribution in [0, 0.1) is 5.82 Å². The van der Waals surface area contributed by atoms with Crippen LogP contribution in [0.5, 0.6) is 0 Å². The molecule has 4 rings (SSSR count). The minimum absolute atomic E-state index is 0.00936. The van der Waals surface area contributed by atoms with Gasteiger partial charge in [0.05, 0.1) is 33.4 Å². The van der Waals surface area contributed by atoms with Gasteiger partial charge in [0.2, 0.25) is 17.7 Å². The number of nitrogens with two attached hydrogens (primary N) is 1. The van der Waals surface area contributed by atoms with Gasteiger partial charge in [-0.3, -0.25) is 19.3 Å². The third-order valence-corrected chi connectivity index (χ3v) is 9.39. The molecule has 2 aromatic rings. The van der Waals surface area contributed by atoms with Gasteiger partial charge in [0.15, 0.2) is 5.82 Å². The smallest absolute Gasteiger partial charge is 0.247 e. The molecule has 6 N–H and O–H groups in total. The summed E-state index contributed by atoms with van der Waals surface area (Å²) >= 11 is 11.7. The van der Waals surface area contributed by atoms with Crippen molar-refractivity contribution in [3.63, 3.8) is 0 Å². The number of carbonyl (C=O) groups is 3. The summed E-state index contributed by atoms with van der Waals surface area (Å²) < 4.78 is 14.6. The molecular formula is C32H42Cl2FN5O5. The van der Waals surface area contributed by atoms with Crippen LogP contribution in [0.15, 0.2) is 36.4 Å². The van der Waals surface area contributed by atoms with Crippen molar-refractivity contribution in [2.45, 2.75) is 95.3 Å². The first-order valence-electron chi connectivity index (χ1n) is 15.3. The fourth-order valence-electron chi connectivity index (χ4n) is 6.17. The van der Waals surface area contributed by atoms with Gasteiger partial charge in [0.25, 0.3) is 0 Å². The molecule has 0 aliphatic carbocycles. The van der Waals surface area contributed by atoms with E-state index in [1.807, 2.05) is 24.3 Å². The fourth-order valence-corrected chi connectivity index (χ4v) is 6.48. The topological polar surface area (TPSA) is 148 Å². The van der Waals surface area contributed by atoms with Crippen molar-refractivity contribution in [1.29, 1.82) is 0 Å². The van der Waals surface area contributed by atoms with Gasteiger partial charge in [-0.05, 0) is 82.2 Å². The van der Waals surface area contributed by atoms with Crippen LogP contribution in [0.25, 0.3) is 0 Å². The first-order chi connectivity index (χ1) is 21.3. The van der Waals surface area contributed by atoms with Crippen molar-refractivity contribution in [3.05, 3.63) is 63.4 Å². The monoisotopic (exact) mass is 665 g/mol. The maximum absolute atomic E-state index is 14.6. The second-order valence-corrected chi connectivity index (χ2v) is 13.1. The lowest BCUT2D eigenvalue weighted by Crippen LogP contribution is -2.57. The van der Waals surface area contributed by atoms with Gasteiger partial charge in [-0.2, -0.15) is 0 Å². The molecule has 45 heavy (non-hydrogen) atoms. The number of piperidine rings is 1. The second kappa shape index (κ2) is 15.2. The molecule has 4 atom stereocenters. The third kappa shape index (κ3) is 8.52. The van der Waals surface area contributed by atoms with Crippen LogP contribution in [0.1, 0.15) is 63.5 Å². The van der Waals surface area contributed by atoms with Crippen LogP contribution < -0.4 is 16.4 Å². The number of hydrogen-bond acceptors (Lipinski definition) is 7. The fraction of sp³-hybridized carbons (Fsp3) is 0.531. The predicted molar refractivity (Wildman–Crippen MR) is 171 cm³/mol. The van der Waals surface area contributed by atoms with Crippen LogP contribution in [0.3, 0.4) is 0 Å². The highest BCUT2D eigenvalue weighted by molar-refractivity contribution is 6.42. The number of carbonyl (C=O) groups excluding carboxylic acids is 3. The summed E-state index contributed by atoms with van der Waals surface area (Å²) in [6.45, 7) is 4.26. The van der Waals surface area contributed by atoms with Crippen molar-refractivity contribution in [2.24, 2.45) is 5.73 Å². The molecule has 2 aliphatic rings. The number of nitrogens with zero attached hydrogens (tertiary/aromatic N) is 2. The third-order valence-electron chi connectivity index (χ3n) is 8.61. The molecular weight excluding hydrogens is 624 g/mol. The minimum atomic E-state index is -1.14. The number of anilines is 1. The SMILES string of the molecule is CC(C)(O)C1CCCCN1C(=O)CCC(O)N1Cc2ccccc2C[C@H]1C(=O)N[C@@H](CCN)C(=O)Nc1ccc(Cl)c(Cl)c1F. The van der Waals surface area contributed by atoms with Crippen LogP contribution in [0.4, 0.5) is 10.1 Å². The van der Waals surface area contributed by atoms with E-state index in [0.717, 1.165) is 24.0 Å². The van der Waals surface area contributed by atoms with E-state index in [0.29, 0.717) is 13.0 Å². The van der Waals surface area contributed by atoms with Crippen molar-refractivity contribution in [1.82, 2.24) is 15.1 Å². The number of aliphatic hydroxyl groups excluding tert-OH is 1. The molecule has 1 saturated heterocycles. The zero-order valence-electron chi connectivity index (χ0n) is 25.6. The summed E-state index contributed by atoms with van der Waals surface area (Å²) in [6.07, 6.45) is 1.78. The average Bonchev–Trinajstić information content (AvgIpc) is 3.02. The lowest BCUT2D eigenvalue weighted by Gasteiger charge is -2.43. The van der Waals surface area contributed by atoms with Crippen LogP contribution >= 0.6 is 23.2 Å². The Morgan fingerprint density at radius 2 is 1.82 bits per heavy atom. The number of rotatable bonds is 11. The van der Waals surface area contributed by atoms with Gasteiger partial charge in [0, 0.05) is 19.5 Å². The molecule has 0 aromatic heterocycles. The Labute approximate surface area is 273 Å². The van der Waals surface area contributed by atoms with E-state index in [1.165, 1.54) is 12.1 Å². The number of benzene rings is 2. The molecule has 1 fully saturated rings. The second-order valence-electron chi connectivity index (χ2n) is 12.3. The Balaban J connectivity index is 1.48. The van der Waals surface area contributed by atoms with Crippen molar-refractivity contribution >= 4 is 46.6 Å². The zero-order chi connectivity index (χ0) is 32.9. The molecule has 2 aromatic carbocycles. The van der Waals surface area contributed by atoms with Gasteiger partial charge in [-0.1, -0.05) is 47.5 Å². The molecule has 2 aliphatic heterocycles. The minimum Gasteiger partial charge on any atom is -0.388 e. The van der Waals surface area contributed by atoms with Crippen LogP contribution in [-0.4, -0.2) is 80.8 Å². The van der Waals surface area contributed by atoms with Gasteiger partial charge < -0.3 is 31.5 Å². The van der Waals surface area contributed by atoms with Crippen LogP contribution in [-0.2, 0) is 27.3 Å². The summed E-state index contributed by atoms with van der Waals surface area (Å²) in [5, 5.41) is 26.9. The van der Waals surface area contributed by atoms with E-state index in [1.54, 1.807) is 23.6 Å². The summed E-state index contributed by atoms with van der Waals surface area (Å²) in [5.74, 6) is -2.27. The Morgan fingerprint density at radius 1 is 1.11 bits per heavy atom. The van der Waals surface area contributed by atoms with E-state index in [4.69, 9.17) is 28.9 Å². The molecule has 0 radical (unpaired) electrons. The van der Waals surface area contributed by atoms with Crippen LogP contribution in [0.2, 0.25) is 10.0 Å². The highest BCUT2D eigenvalue weighted by Crippen LogP contribution is 2.31. The predicted octanol–water partition coefficient (Wildman–Crippen LogP) is 3.58. The molecule has 2 heterocycles. The standard InChI is InChI=1S/C32H42Cl2FN5O5/c1-32(2,45)25-9-5-6-16-39(25)26(41)12-13-27(42)40-18-20-8-4-3-7-19(20)17-24(40)31(44)38-23(14-15-36)30(43)37-22-11-10-21(33)28(34)29(22)35/h3-4,7-8,10-11,23-25,27,42,45H,5-6,9,12-18,36H2,1-2H3,(H,37,43)(H,38,44)/t23-,24-,25?,27?/m0/s1. The van der Waals surface area contributed by atoms with E-state index in [2.05, 4.69) is 10.6 Å². The summed E-state index contributed by atoms with van der Waals surface area (Å²) in [6, 6.07) is 7.92. The largest absolute Gasteiger partial charge is 0.388 e. The van der Waals surface area contributed by atoms with E-state index >= 15 is 0 Å². The van der Waals surface area contributed by atoms with E-state index < -0.39 is 41.5 Å². The van der Waals surface area contributed by atoms with Gasteiger partial charge >= 0.3 is 0 Å². The molecule has 10 nitrogen and oxygen atoms in total. The summed E-state index contributed by atoms with van der Waals surface area (Å²) in [4.78, 5) is 43.5. The molecule has 0 spiro atoms. The molecule has 3 amide bonds. The van der Waals surface area contributed by atoms with Crippen molar-refractivity contribution in [2.75, 3.05) is 18.4 Å². The number of fused-ring (bicyclic) bond motifs is 1. The normalized spacial score (nSPS) is 20.2. The Hall–Kier alpha value is -2.80.